The van der Waals surface area contributed by atoms with E-state index in [0.29, 0.717) is 12.2 Å². The minimum absolute atomic E-state index is 0.181. The van der Waals surface area contributed by atoms with E-state index in [4.69, 9.17) is 14.2 Å². The number of rotatable bonds is 7. The van der Waals surface area contributed by atoms with Crippen LogP contribution < -0.4 is 0 Å². The highest BCUT2D eigenvalue weighted by molar-refractivity contribution is 6.18. The number of hydrogen-bond acceptors (Lipinski definition) is 5. The van der Waals surface area contributed by atoms with Crippen molar-refractivity contribution in [3.05, 3.63) is 77.0 Å². The number of aromatic nitrogens is 1. The molecule has 1 aromatic heterocycles. The van der Waals surface area contributed by atoms with E-state index >= 15 is 0 Å². The molecular formula is C22H21NO5. The van der Waals surface area contributed by atoms with Crippen molar-refractivity contribution < 1.29 is 23.8 Å². The summed E-state index contributed by atoms with van der Waals surface area (Å²) in [4.78, 5) is 27.4. The Morgan fingerprint density at radius 3 is 2.21 bits per heavy atom. The monoisotopic (exact) mass is 379 g/mol. The smallest absolute Gasteiger partial charge is 0.345 e. The second kappa shape index (κ2) is 9.01. The first-order valence-corrected chi connectivity index (χ1v) is 8.73. The fraction of sp³-hybridized carbons (Fsp3) is 0.182. The number of hydrogen-bond donors (Lipinski definition) is 1. The van der Waals surface area contributed by atoms with Crippen LogP contribution >= 0.6 is 0 Å². The molecule has 0 aliphatic rings. The fourth-order valence-electron chi connectivity index (χ4n) is 2.91. The lowest BCUT2D eigenvalue weighted by Gasteiger charge is -2.06. The first-order valence-electron chi connectivity index (χ1n) is 8.73. The molecule has 3 rings (SSSR count). The molecule has 0 amide bonds. The molecule has 0 atom stereocenters. The number of carbonyl (C=O) groups excluding carboxylic acids is 2. The highest BCUT2D eigenvalue weighted by atomic mass is 16.5. The Morgan fingerprint density at radius 2 is 1.54 bits per heavy atom. The van der Waals surface area contributed by atoms with Gasteiger partial charge in [0.05, 0.1) is 27.4 Å². The summed E-state index contributed by atoms with van der Waals surface area (Å²) in [7, 11) is 2.44. The van der Waals surface area contributed by atoms with Crippen molar-refractivity contribution >= 4 is 28.9 Å². The van der Waals surface area contributed by atoms with Crippen LogP contribution in [0.1, 0.15) is 16.8 Å². The van der Waals surface area contributed by atoms with Crippen molar-refractivity contribution in [2.75, 3.05) is 14.2 Å². The molecule has 1 heterocycles. The summed E-state index contributed by atoms with van der Waals surface area (Å²) in [6.45, 7) is 0.727. The van der Waals surface area contributed by atoms with Crippen molar-refractivity contribution in [1.82, 2.24) is 4.98 Å². The summed E-state index contributed by atoms with van der Waals surface area (Å²) in [5, 5.41) is 0.867. The molecule has 144 valence electrons. The second-order valence-electron chi connectivity index (χ2n) is 6.08. The Kier molecular flexibility index (Phi) is 6.24. The molecule has 0 fully saturated rings. The van der Waals surface area contributed by atoms with Gasteiger partial charge < -0.3 is 19.2 Å². The van der Waals surface area contributed by atoms with Crippen molar-refractivity contribution in [3.8, 4) is 0 Å². The van der Waals surface area contributed by atoms with Gasteiger partial charge in [0.2, 0.25) is 0 Å². The Labute approximate surface area is 162 Å². The first kappa shape index (κ1) is 19.4. The Hall–Kier alpha value is -3.38. The minimum atomic E-state index is -0.756. The molecule has 2 aromatic carbocycles. The van der Waals surface area contributed by atoms with Crippen molar-refractivity contribution in [2.45, 2.75) is 13.2 Å². The highest BCUT2D eigenvalue weighted by Gasteiger charge is 2.22. The minimum Gasteiger partial charge on any atom is -0.465 e. The first-order chi connectivity index (χ1) is 13.6. The largest absolute Gasteiger partial charge is 0.465 e. The lowest BCUT2D eigenvalue weighted by molar-refractivity contribution is -0.143. The standard InChI is InChI=1S/C22H21NO5/c1-26-21(24)18(22(25)27-2)12-17-16-10-6-7-11-19(16)23-20(17)14-28-13-15-8-4-3-5-9-15/h3-12,23H,13-14H2,1-2H3. The van der Waals surface area contributed by atoms with Gasteiger partial charge in [0.25, 0.3) is 0 Å². The van der Waals surface area contributed by atoms with Crippen LogP contribution in [0, 0.1) is 0 Å². The number of benzene rings is 2. The molecule has 0 saturated heterocycles. The van der Waals surface area contributed by atoms with Gasteiger partial charge in [-0.3, -0.25) is 0 Å². The summed E-state index contributed by atoms with van der Waals surface area (Å²) >= 11 is 0. The van der Waals surface area contributed by atoms with Gasteiger partial charge in [0.1, 0.15) is 5.57 Å². The summed E-state index contributed by atoms with van der Waals surface area (Å²) in [5.41, 5.74) is 3.19. The molecule has 0 unspecified atom stereocenters. The number of esters is 2. The van der Waals surface area contributed by atoms with E-state index in [1.807, 2.05) is 54.6 Å². The molecule has 6 heteroatoms. The van der Waals surface area contributed by atoms with Gasteiger partial charge in [-0.05, 0) is 17.7 Å². The van der Waals surface area contributed by atoms with E-state index in [-0.39, 0.29) is 12.2 Å². The van der Waals surface area contributed by atoms with Crippen molar-refractivity contribution in [3.63, 3.8) is 0 Å². The van der Waals surface area contributed by atoms with Gasteiger partial charge in [-0.2, -0.15) is 0 Å². The Balaban J connectivity index is 1.95. The Morgan fingerprint density at radius 1 is 0.893 bits per heavy atom. The van der Waals surface area contributed by atoms with Crippen LogP contribution in [-0.4, -0.2) is 31.1 Å². The van der Waals surface area contributed by atoms with E-state index in [2.05, 4.69) is 4.98 Å². The lowest BCUT2D eigenvalue weighted by atomic mass is 10.1. The number of nitrogens with one attached hydrogen (secondary N) is 1. The van der Waals surface area contributed by atoms with Gasteiger partial charge in [-0.25, -0.2) is 9.59 Å². The topological polar surface area (TPSA) is 77.6 Å². The summed E-state index contributed by atoms with van der Waals surface area (Å²) in [6, 6.07) is 17.4. The van der Waals surface area contributed by atoms with Gasteiger partial charge in [-0.15, -0.1) is 0 Å². The van der Waals surface area contributed by atoms with Crippen LogP contribution in [0.15, 0.2) is 60.2 Å². The van der Waals surface area contributed by atoms with E-state index in [1.165, 1.54) is 20.3 Å². The number of H-pyrrole nitrogens is 1. The number of carbonyl (C=O) groups is 2. The third kappa shape index (κ3) is 4.29. The average Bonchev–Trinajstić information content (AvgIpc) is 3.09. The molecular weight excluding hydrogens is 358 g/mol. The van der Waals surface area contributed by atoms with E-state index in [9.17, 15) is 9.59 Å². The van der Waals surface area contributed by atoms with Crippen molar-refractivity contribution in [1.29, 1.82) is 0 Å². The molecule has 0 saturated carbocycles. The van der Waals surface area contributed by atoms with Crippen LogP contribution in [0.2, 0.25) is 0 Å². The zero-order chi connectivity index (χ0) is 19.9. The van der Waals surface area contributed by atoms with Crippen LogP contribution in [0.5, 0.6) is 0 Å². The molecule has 3 aromatic rings. The summed E-state index contributed by atoms with van der Waals surface area (Å²) in [5.74, 6) is -1.51. The van der Waals surface area contributed by atoms with Crippen LogP contribution in [-0.2, 0) is 37.0 Å². The van der Waals surface area contributed by atoms with E-state index in [0.717, 1.165) is 22.2 Å². The quantitative estimate of drug-likeness (QED) is 0.294. The molecule has 0 bridgehead atoms. The fourth-order valence-corrected chi connectivity index (χ4v) is 2.91. The van der Waals surface area contributed by atoms with Gasteiger partial charge in [0.15, 0.2) is 0 Å². The van der Waals surface area contributed by atoms with Gasteiger partial charge in [0, 0.05) is 22.2 Å². The molecule has 1 N–H and O–H groups in total. The molecule has 6 nitrogen and oxygen atoms in total. The zero-order valence-corrected chi connectivity index (χ0v) is 15.7. The van der Waals surface area contributed by atoms with E-state index in [1.54, 1.807) is 0 Å². The SMILES string of the molecule is COC(=O)C(=Cc1c(COCc2ccccc2)[nH]c2ccccc12)C(=O)OC. The van der Waals surface area contributed by atoms with Crippen molar-refractivity contribution in [2.24, 2.45) is 0 Å². The third-order valence-corrected chi connectivity index (χ3v) is 4.29. The maximum Gasteiger partial charge on any atom is 0.345 e. The number of para-hydroxylation sites is 1. The molecule has 28 heavy (non-hydrogen) atoms. The van der Waals surface area contributed by atoms with Gasteiger partial charge >= 0.3 is 11.9 Å². The normalized spacial score (nSPS) is 10.5. The predicted octanol–water partition coefficient (Wildman–Crippen LogP) is 3.61. The molecule has 0 spiro atoms. The van der Waals surface area contributed by atoms with Crippen LogP contribution in [0.4, 0.5) is 0 Å². The van der Waals surface area contributed by atoms with Crippen LogP contribution in [0.25, 0.3) is 17.0 Å². The number of methoxy groups -OCH3 is 2. The molecule has 0 radical (unpaired) electrons. The highest BCUT2D eigenvalue weighted by Crippen LogP contribution is 2.26. The zero-order valence-electron chi connectivity index (χ0n) is 15.7. The van der Waals surface area contributed by atoms with E-state index < -0.39 is 11.9 Å². The number of fused-ring (bicyclic) bond motifs is 1. The third-order valence-electron chi connectivity index (χ3n) is 4.29. The molecule has 0 aliphatic carbocycles. The number of ether oxygens (including phenoxy) is 3. The predicted molar refractivity (Wildman–Crippen MR) is 105 cm³/mol. The maximum atomic E-state index is 12.1. The Bertz CT molecular complexity index is 986. The maximum absolute atomic E-state index is 12.1. The summed E-state index contributed by atoms with van der Waals surface area (Å²) < 4.78 is 15.3. The average molecular weight is 379 g/mol. The van der Waals surface area contributed by atoms with Gasteiger partial charge in [-0.1, -0.05) is 48.5 Å². The molecule has 0 aliphatic heterocycles. The summed E-state index contributed by atoms with van der Waals surface area (Å²) in [6.07, 6.45) is 1.48. The number of aromatic amines is 1. The lowest BCUT2D eigenvalue weighted by Crippen LogP contribution is -2.15. The second-order valence-corrected chi connectivity index (χ2v) is 6.08. The van der Waals surface area contributed by atoms with Crippen LogP contribution in [0.3, 0.4) is 0 Å².